The van der Waals surface area contributed by atoms with E-state index in [0.29, 0.717) is 11.3 Å². The van der Waals surface area contributed by atoms with E-state index in [2.05, 4.69) is 12.1 Å². The Labute approximate surface area is 95.6 Å². The summed E-state index contributed by atoms with van der Waals surface area (Å²) in [6.07, 6.45) is 5.25. The van der Waals surface area contributed by atoms with Gasteiger partial charge in [-0.25, -0.2) is 0 Å². The van der Waals surface area contributed by atoms with Crippen LogP contribution in [0, 0.1) is 0 Å². The minimum atomic E-state index is 0.492. The van der Waals surface area contributed by atoms with E-state index in [1.54, 1.807) is 0 Å². The largest absolute Gasteiger partial charge is 0.330 e. The van der Waals surface area contributed by atoms with Crippen molar-refractivity contribution in [1.29, 1.82) is 0 Å². The summed E-state index contributed by atoms with van der Waals surface area (Å²) in [5, 5.41) is 0.873. The van der Waals surface area contributed by atoms with Crippen molar-refractivity contribution >= 4 is 11.6 Å². The van der Waals surface area contributed by atoms with Crippen molar-refractivity contribution in [1.82, 2.24) is 0 Å². The average Bonchev–Trinajstić information content (AvgIpc) is 3.01. The van der Waals surface area contributed by atoms with Gasteiger partial charge in [-0.15, -0.1) is 0 Å². The lowest BCUT2D eigenvalue weighted by Gasteiger charge is -2.31. The molecule has 80 valence electrons. The van der Waals surface area contributed by atoms with Crippen LogP contribution in [0.2, 0.25) is 5.02 Å². The van der Waals surface area contributed by atoms with Gasteiger partial charge in [0.1, 0.15) is 0 Å². The molecule has 1 atom stereocenters. The maximum Gasteiger partial charge on any atom is 0.0409 e. The third kappa shape index (κ3) is 1.41. The quantitative estimate of drug-likeness (QED) is 0.775. The van der Waals surface area contributed by atoms with E-state index in [0.717, 1.165) is 11.6 Å². The molecule has 0 saturated heterocycles. The van der Waals surface area contributed by atoms with Crippen LogP contribution in [0.3, 0.4) is 0 Å². The van der Waals surface area contributed by atoms with Gasteiger partial charge in [0.25, 0.3) is 0 Å². The number of hydrogen-bond donors (Lipinski definition) is 1. The Hall–Kier alpha value is -0.530. The molecule has 15 heavy (non-hydrogen) atoms. The van der Waals surface area contributed by atoms with Gasteiger partial charge < -0.3 is 5.73 Å². The minimum absolute atomic E-state index is 0.492. The summed E-state index contributed by atoms with van der Waals surface area (Å²) in [7, 11) is 0. The van der Waals surface area contributed by atoms with Gasteiger partial charge in [0.2, 0.25) is 0 Å². The van der Waals surface area contributed by atoms with Crippen LogP contribution in [0.15, 0.2) is 18.2 Å². The van der Waals surface area contributed by atoms with Crippen molar-refractivity contribution in [2.45, 2.75) is 37.0 Å². The lowest BCUT2D eigenvalue weighted by atomic mass is 9.74. The number of rotatable bonds is 1. The van der Waals surface area contributed by atoms with Gasteiger partial charge in [-0.2, -0.15) is 0 Å². The maximum atomic E-state index is 6.09. The summed E-state index contributed by atoms with van der Waals surface area (Å²) < 4.78 is 0. The van der Waals surface area contributed by atoms with Crippen LogP contribution in [0.5, 0.6) is 0 Å². The molecule has 1 aromatic rings. The predicted octanol–water partition coefficient (Wildman–Crippen LogP) is 3.21. The lowest BCUT2D eigenvalue weighted by Crippen LogP contribution is -2.24. The van der Waals surface area contributed by atoms with Crippen LogP contribution in [0.1, 0.15) is 42.7 Å². The fourth-order valence-corrected chi connectivity index (χ4v) is 3.17. The van der Waals surface area contributed by atoms with Crippen molar-refractivity contribution in [2.75, 3.05) is 6.54 Å². The molecule has 0 bridgehead atoms. The van der Waals surface area contributed by atoms with E-state index >= 15 is 0 Å². The Morgan fingerprint density at radius 2 is 2.13 bits per heavy atom. The summed E-state index contributed by atoms with van der Waals surface area (Å²) in [6.45, 7) is 0.769. The smallest absolute Gasteiger partial charge is 0.0409 e. The van der Waals surface area contributed by atoms with Crippen LogP contribution in [0.25, 0.3) is 0 Å². The molecule has 1 nitrogen and oxygen atoms in total. The molecule has 2 aliphatic carbocycles. The van der Waals surface area contributed by atoms with Crippen LogP contribution in [-0.4, -0.2) is 6.54 Å². The molecular weight excluding hydrogens is 206 g/mol. The van der Waals surface area contributed by atoms with Crippen molar-refractivity contribution in [2.24, 2.45) is 5.73 Å². The summed E-state index contributed by atoms with van der Waals surface area (Å²) in [6, 6.07) is 6.37. The fraction of sp³-hybridized carbons (Fsp3) is 0.538. The van der Waals surface area contributed by atoms with E-state index in [9.17, 15) is 0 Å². The molecule has 2 N–H and O–H groups in total. The molecule has 1 unspecified atom stereocenters. The second kappa shape index (κ2) is 3.23. The van der Waals surface area contributed by atoms with Crippen LogP contribution >= 0.6 is 11.6 Å². The second-order valence-corrected chi connectivity index (χ2v) is 5.42. The number of nitrogens with two attached hydrogens (primary N) is 1. The first-order chi connectivity index (χ1) is 7.25. The lowest BCUT2D eigenvalue weighted by molar-refractivity contribution is 0.475. The summed E-state index contributed by atoms with van der Waals surface area (Å²) in [4.78, 5) is 0. The van der Waals surface area contributed by atoms with E-state index in [1.807, 2.05) is 6.07 Å². The molecule has 0 aliphatic heterocycles. The molecule has 0 radical (unpaired) electrons. The second-order valence-electron chi connectivity index (χ2n) is 4.98. The van der Waals surface area contributed by atoms with E-state index in [1.165, 1.54) is 36.8 Å². The highest BCUT2D eigenvalue weighted by atomic mass is 35.5. The average molecular weight is 222 g/mol. The van der Waals surface area contributed by atoms with Crippen molar-refractivity contribution in [3.05, 3.63) is 34.3 Å². The van der Waals surface area contributed by atoms with Gasteiger partial charge in [-0.3, -0.25) is 0 Å². The van der Waals surface area contributed by atoms with Gasteiger partial charge in [-0.1, -0.05) is 17.7 Å². The highest BCUT2D eigenvalue weighted by molar-refractivity contribution is 6.30. The zero-order valence-corrected chi connectivity index (χ0v) is 9.56. The standard InChI is InChI=1S/C13H16ClN/c14-10-1-2-11-9(8-15)3-4-13(5-6-13)12(11)7-10/h1-2,7,9H,3-6,8,15H2. The molecule has 2 aliphatic rings. The summed E-state index contributed by atoms with van der Waals surface area (Å²) >= 11 is 6.09. The molecule has 1 fully saturated rings. The highest BCUT2D eigenvalue weighted by Crippen LogP contribution is 2.57. The van der Waals surface area contributed by atoms with Gasteiger partial charge >= 0.3 is 0 Å². The van der Waals surface area contributed by atoms with Gasteiger partial charge in [0.15, 0.2) is 0 Å². The Kier molecular flexibility index (Phi) is 2.08. The number of hydrogen-bond acceptors (Lipinski definition) is 1. The van der Waals surface area contributed by atoms with E-state index in [4.69, 9.17) is 17.3 Å². The van der Waals surface area contributed by atoms with Crippen LogP contribution in [-0.2, 0) is 5.41 Å². The van der Waals surface area contributed by atoms with Crippen molar-refractivity contribution in [3.8, 4) is 0 Å². The fourth-order valence-electron chi connectivity index (χ4n) is 3.00. The molecule has 1 spiro atoms. The third-order valence-corrected chi connectivity index (χ3v) is 4.37. The van der Waals surface area contributed by atoms with Crippen LogP contribution in [0.4, 0.5) is 0 Å². The third-order valence-electron chi connectivity index (χ3n) is 4.14. The number of fused-ring (bicyclic) bond motifs is 2. The van der Waals surface area contributed by atoms with Crippen molar-refractivity contribution in [3.63, 3.8) is 0 Å². The van der Waals surface area contributed by atoms with Gasteiger partial charge in [0.05, 0.1) is 0 Å². The number of benzene rings is 1. The van der Waals surface area contributed by atoms with E-state index < -0.39 is 0 Å². The zero-order valence-electron chi connectivity index (χ0n) is 8.80. The van der Waals surface area contributed by atoms with Crippen molar-refractivity contribution < 1.29 is 0 Å². The molecular formula is C13H16ClN. The monoisotopic (exact) mass is 221 g/mol. The van der Waals surface area contributed by atoms with E-state index in [-0.39, 0.29) is 0 Å². The SMILES string of the molecule is NCC1CCC2(CC2)c2cc(Cl)ccc21. The molecule has 1 saturated carbocycles. The first-order valence-corrected chi connectivity index (χ1v) is 6.13. The molecule has 0 heterocycles. The highest BCUT2D eigenvalue weighted by Gasteiger charge is 2.48. The first-order valence-electron chi connectivity index (χ1n) is 5.75. The first kappa shape index (κ1) is 9.68. The molecule has 3 rings (SSSR count). The summed E-state index contributed by atoms with van der Waals surface area (Å²) in [5.74, 6) is 0.559. The topological polar surface area (TPSA) is 26.0 Å². The normalized spacial score (nSPS) is 26.4. The van der Waals surface area contributed by atoms with Gasteiger partial charge in [-0.05, 0) is 66.8 Å². The maximum absolute atomic E-state index is 6.09. The molecule has 1 aromatic carbocycles. The molecule has 0 aromatic heterocycles. The summed E-state index contributed by atoms with van der Waals surface area (Å²) in [5.41, 5.74) is 9.28. The Bertz CT molecular complexity index is 396. The Balaban J connectivity index is 2.12. The Morgan fingerprint density at radius 1 is 1.33 bits per heavy atom. The Morgan fingerprint density at radius 3 is 2.80 bits per heavy atom. The number of halogens is 1. The van der Waals surface area contributed by atoms with Gasteiger partial charge in [0, 0.05) is 5.02 Å². The van der Waals surface area contributed by atoms with Crippen LogP contribution < -0.4 is 5.73 Å². The predicted molar refractivity (Wildman–Crippen MR) is 63.4 cm³/mol. The molecule has 2 heteroatoms. The minimum Gasteiger partial charge on any atom is -0.330 e. The zero-order chi connectivity index (χ0) is 10.5. The molecule has 0 amide bonds.